The van der Waals surface area contributed by atoms with Crippen molar-refractivity contribution in [2.75, 3.05) is 7.05 Å². The Hall–Kier alpha value is -0.820. The quantitative estimate of drug-likeness (QED) is 0.778. The zero-order valence-electron chi connectivity index (χ0n) is 10.8. The van der Waals surface area contributed by atoms with E-state index in [9.17, 15) is 0 Å². The number of benzene rings is 1. The fraction of sp³-hybridized carbons (Fsp3) is 0.625. The van der Waals surface area contributed by atoms with Gasteiger partial charge in [-0.15, -0.1) is 0 Å². The minimum absolute atomic E-state index is 0.530. The first kappa shape index (κ1) is 11.3. The van der Waals surface area contributed by atoms with E-state index < -0.39 is 0 Å². The summed E-state index contributed by atoms with van der Waals surface area (Å²) in [5.74, 6) is 0. The van der Waals surface area contributed by atoms with Crippen LogP contribution in [0.25, 0.3) is 0 Å². The Labute approximate surface area is 105 Å². The highest BCUT2D eigenvalue weighted by Gasteiger charge is 2.39. The summed E-state index contributed by atoms with van der Waals surface area (Å²) in [7, 11) is 2.11. The van der Waals surface area contributed by atoms with E-state index in [2.05, 4.69) is 36.6 Å². The molecule has 0 radical (unpaired) electrons. The van der Waals surface area contributed by atoms with E-state index in [1.54, 1.807) is 11.1 Å². The van der Waals surface area contributed by atoms with Crippen LogP contribution in [0.2, 0.25) is 0 Å². The lowest BCUT2D eigenvalue weighted by Crippen LogP contribution is -2.40. The SMILES string of the molecule is CNC1CCC2(CCCc3ccccc32)CC1. The van der Waals surface area contributed by atoms with Gasteiger partial charge in [-0.1, -0.05) is 24.3 Å². The largest absolute Gasteiger partial charge is 0.317 e. The molecule has 1 heteroatoms. The molecule has 1 spiro atoms. The van der Waals surface area contributed by atoms with Gasteiger partial charge in [0.15, 0.2) is 0 Å². The van der Waals surface area contributed by atoms with Crippen molar-refractivity contribution in [2.24, 2.45) is 0 Å². The number of fused-ring (bicyclic) bond motifs is 2. The smallest absolute Gasteiger partial charge is 0.00647 e. The van der Waals surface area contributed by atoms with Crippen LogP contribution in [0.1, 0.15) is 49.7 Å². The van der Waals surface area contributed by atoms with Gasteiger partial charge in [0.1, 0.15) is 0 Å². The molecule has 1 aromatic rings. The predicted octanol–water partition coefficient (Wildman–Crippen LogP) is 3.42. The van der Waals surface area contributed by atoms with E-state index >= 15 is 0 Å². The number of hydrogen-bond acceptors (Lipinski definition) is 1. The topological polar surface area (TPSA) is 12.0 Å². The second-order valence-electron chi connectivity index (χ2n) is 5.85. The molecule has 0 aromatic heterocycles. The third kappa shape index (κ3) is 1.91. The van der Waals surface area contributed by atoms with E-state index in [4.69, 9.17) is 0 Å². The average molecular weight is 229 g/mol. The van der Waals surface area contributed by atoms with Gasteiger partial charge < -0.3 is 5.32 Å². The molecule has 2 aliphatic rings. The van der Waals surface area contributed by atoms with Crippen LogP contribution in [0.5, 0.6) is 0 Å². The summed E-state index contributed by atoms with van der Waals surface area (Å²) < 4.78 is 0. The van der Waals surface area contributed by atoms with Crippen molar-refractivity contribution in [1.29, 1.82) is 0 Å². The van der Waals surface area contributed by atoms with Crippen molar-refractivity contribution in [3.05, 3.63) is 35.4 Å². The summed E-state index contributed by atoms with van der Waals surface area (Å²) in [4.78, 5) is 0. The van der Waals surface area contributed by atoms with Crippen molar-refractivity contribution < 1.29 is 0 Å². The van der Waals surface area contributed by atoms with Gasteiger partial charge in [-0.05, 0) is 68.5 Å². The zero-order valence-corrected chi connectivity index (χ0v) is 10.8. The van der Waals surface area contributed by atoms with Crippen LogP contribution < -0.4 is 5.32 Å². The minimum atomic E-state index is 0.530. The Bertz CT molecular complexity index is 388. The fourth-order valence-electron chi connectivity index (χ4n) is 3.99. The summed E-state index contributed by atoms with van der Waals surface area (Å²) in [6.07, 6.45) is 9.58. The summed E-state index contributed by atoms with van der Waals surface area (Å²) in [6, 6.07) is 9.94. The minimum Gasteiger partial charge on any atom is -0.317 e. The van der Waals surface area contributed by atoms with Gasteiger partial charge in [-0.3, -0.25) is 0 Å². The normalized spacial score (nSPS) is 32.4. The lowest BCUT2D eigenvalue weighted by atomic mass is 9.62. The molecule has 1 aromatic carbocycles. The maximum absolute atomic E-state index is 3.45. The number of nitrogens with one attached hydrogen (secondary N) is 1. The van der Waals surface area contributed by atoms with E-state index in [1.165, 1.54) is 44.9 Å². The molecule has 1 saturated carbocycles. The van der Waals surface area contributed by atoms with Crippen LogP contribution in [0, 0.1) is 0 Å². The van der Waals surface area contributed by atoms with Gasteiger partial charge in [0, 0.05) is 6.04 Å². The zero-order chi connectivity index (χ0) is 11.7. The fourth-order valence-corrected chi connectivity index (χ4v) is 3.99. The van der Waals surface area contributed by atoms with Crippen LogP contribution in [0.4, 0.5) is 0 Å². The van der Waals surface area contributed by atoms with Gasteiger partial charge in [-0.25, -0.2) is 0 Å². The van der Waals surface area contributed by atoms with Crippen LogP contribution in [0.3, 0.4) is 0 Å². The third-order valence-corrected chi connectivity index (χ3v) is 5.04. The summed E-state index contributed by atoms with van der Waals surface area (Å²) in [6.45, 7) is 0. The highest BCUT2D eigenvalue weighted by atomic mass is 14.9. The van der Waals surface area contributed by atoms with E-state index in [0.717, 1.165) is 6.04 Å². The molecule has 0 amide bonds. The first-order valence-electron chi connectivity index (χ1n) is 7.10. The molecular formula is C16H23N. The standard InChI is InChI=1S/C16H23N/c1-17-14-8-11-16(12-9-14)10-4-6-13-5-2-3-7-15(13)16/h2-3,5,7,14,17H,4,6,8-12H2,1H3. The van der Waals surface area contributed by atoms with Gasteiger partial charge >= 0.3 is 0 Å². The second kappa shape index (κ2) is 4.45. The molecule has 0 saturated heterocycles. The van der Waals surface area contributed by atoms with Gasteiger partial charge in [-0.2, -0.15) is 0 Å². The molecule has 0 heterocycles. The van der Waals surface area contributed by atoms with Gasteiger partial charge in [0.2, 0.25) is 0 Å². The second-order valence-corrected chi connectivity index (χ2v) is 5.85. The molecule has 1 fully saturated rings. The van der Waals surface area contributed by atoms with Gasteiger partial charge in [0.25, 0.3) is 0 Å². The summed E-state index contributed by atoms with van der Waals surface area (Å²) in [5, 5.41) is 3.45. The predicted molar refractivity (Wildman–Crippen MR) is 72.4 cm³/mol. The monoisotopic (exact) mass is 229 g/mol. The van der Waals surface area contributed by atoms with Crippen LogP contribution in [0.15, 0.2) is 24.3 Å². The number of hydrogen-bond donors (Lipinski definition) is 1. The molecule has 3 rings (SSSR count). The van der Waals surface area contributed by atoms with Crippen molar-refractivity contribution in [3.8, 4) is 0 Å². The Balaban J connectivity index is 1.89. The lowest BCUT2D eigenvalue weighted by molar-refractivity contribution is 0.224. The Kier molecular flexibility index (Phi) is 2.96. The van der Waals surface area contributed by atoms with Crippen molar-refractivity contribution in [3.63, 3.8) is 0 Å². The van der Waals surface area contributed by atoms with Gasteiger partial charge in [0.05, 0.1) is 0 Å². The highest BCUT2D eigenvalue weighted by Crippen LogP contribution is 2.47. The molecule has 1 N–H and O–H groups in total. The summed E-state index contributed by atoms with van der Waals surface area (Å²) >= 11 is 0. The molecule has 1 nitrogen and oxygen atoms in total. The molecule has 0 bridgehead atoms. The molecule has 0 atom stereocenters. The van der Waals surface area contributed by atoms with Crippen molar-refractivity contribution >= 4 is 0 Å². The maximum atomic E-state index is 3.45. The van der Waals surface area contributed by atoms with E-state index in [1.807, 2.05) is 0 Å². The molecule has 0 unspecified atom stereocenters. The number of rotatable bonds is 1. The van der Waals surface area contributed by atoms with Crippen molar-refractivity contribution in [2.45, 2.75) is 56.4 Å². The lowest BCUT2D eigenvalue weighted by Gasteiger charge is -2.44. The first-order valence-corrected chi connectivity index (χ1v) is 7.10. The summed E-state index contributed by atoms with van der Waals surface area (Å²) in [5.41, 5.74) is 3.84. The Morgan fingerprint density at radius 2 is 1.88 bits per heavy atom. The molecular weight excluding hydrogens is 206 g/mol. The molecule has 2 aliphatic carbocycles. The molecule has 0 aliphatic heterocycles. The third-order valence-electron chi connectivity index (χ3n) is 5.04. The maximum Gasteiger partial charge on any atom is 0.00647 e. The van der Waals surface area contributed by atoms with E-state index in [-0.39, 0.29) is 0 Å². The first-order chi connectivity index (χ1) is 8.34. The molecule has 92 valence electrons. The highest BCUT2D eigenvalue weighted by molar-refractivity contribution is 5.37. The Morgan fingerprint density at radius 3 is 2.65 bits per heavy atom. The van der Waals surface area contributed by atoms with Crippen LogP contribution in [-0.4, -0.2) is 13.1 Å². The number of aryl methyl sites for hydroxylation is 1. The Morgan fingerprint density at radius 1 is 1.12 bits per heavy atom. The van der Waals surface area contributed by atoms with Crippen molar-refractivity contribution in [1.82, 2.24) is 5.32 Å². The van der Waals surface area contributed by atoms with E-state index in [0.29, 0.717) is 5.41 Å². The average Bonchev–Trinajstić information content (AvgIpc) is 2.40. The van der Waals surface area contributed by atoms with Crippen LogP contribution >= 0.6 is 0 Å². The van der Waals surface area contributed by atoms with Crippen LogP contribution in [-0.2, 0) is 11.8 Å². The molecule has 17 heavy (non-hydrogen) atoms.